The summed E-state index contributed by atoms with van der Waals surface area (Å²) in [5.41, 5.74) is 5.81. The van der Waals surface area contributed by atoms with Crippen molar-refractivity contribution in [2.45, 2.75) is 63.3 Å². The van der Waals surface area contributed by atoms with Crippen molar-refractivity contribution in [1.82, 2.24) is 9.97 Å². The minimum Gasteiger partial charge on any atom is -0.351 e. The Morgan fingerprint density at radius 2 is 1.75 bits per heavy atom. The Bertz CT molecular complexity index is 1480. The topological polar surface area (TPSA) is 84.0 Å². The van der Waals surface area contributed by atoms with Crippen molar-refractivity contribution in [1.29, 1.82) is 0 Å². The smallest absolute Gasteiger partial charge is 0.261 e. The van der Waals surface area contributed by atoms with Crippen molar-refractivity contribution in [2.75, 3.05) is 10.0 Å². The summed E-state index contributed by atoms with van der Waals surface area (Å²) in [5.74, 6) is 0.711. The lowest BCUT2D eigenvalue weighted by Crippen LogP contribution is -2.23. The highest BCUT2D eigenvalue weighted by atomic mass is 32.2. The molecule has 36 heavy (non-hydrogen) atoms. The molecule has 0 spiro atoms. The molecule has 7 heteroatoms. The number of anilines is 2. The molecule has 1 heterocycles. The van der Waals surface area contributed by atoms with Crippen LogP contribution < -0.4 is 10.0 Å². The third kappa shape index (κ3) is 5.21. The van der Waals surface area contributed by atoms with Crippen molar-refractivity contribution < 1.29 is 8.42 Å². The maximum atomic E-state index is 12.7. The van der Waals surface area contributed by atoms with Crippen LogP contribution in [0.5, 0.6) is 0 Å². The van der Waals surface area contributed by atoms with Crippen LogP contribution in [0.4, 0.5) is 11.6 Å². The molecule has 0 radical (unpaired) electrons. The number of nitrogens with zero attached hydrogens (tertiary/aromatic N) is 2. The molecule has 0 unspecified atom stereocenters. The standard InChI is InChI=1S/C29H32N4O2S/c1-3-21-17-22(18-23-19-30-29(32-28(21)23)31-24-10-6-4-7-11-24)27-15-14-25(16-20(27)2)33-36(34,35)26-12-8-5-9-13-26/h5,8-9,12-19,24,33H,3-4,6-7,10-11H2,1-2H3,(H,30,31,32). The number of sulfonamides is 1. The van der Waals surface area contributed by atoms with Crippen molar-refractivity contribution >= 4 is 32.6 Å². The van der Waals surface area contributed by atoms with E-state index < -0.39 is 10.0 Å². The molecule has 0 saturated heterocycles. The molecule has 1 aliphatic rings. The van der Waals surface area contributed by atoms with E-state index in [0.717, 1.165) is 34.0 Å². The van der Waals surface area contributed by atoms with Gasteiger partial charge < -0.3 is 5.32 Å². The van der Waals surface area contributed by atoms with Gasteiger partial charge in [0.2, 0.25) is 5.95 Å². The minimum atomic E-state index is -3.63. The first-order valence-electron chi connectivity index (χ1n) is 12.7. The second kappa shape index (κ2) is 10.3. The number of hydrogen-bond donors (Lipinski definition) is 2. The first-order chi connectivity index (χ1) is 17.4. The minimum absolute atomic E-state index is 0.242. The summed E-state index contributed by atoms with van der Waals surface area (Å²) in [4.78, 5) is 9.74. The van der Waals surface area contributed by atoms with Crippen LogP contribution in [0.3, 0.4) is 0 Å². The van der Waals surface area contributed by atoms with Crippen LogP contribution in [0, 0.1) is 6.92 Å². The molecule has 2 N–H and O–H groups in total. The lowest BCUT2D eigenvalue weighted by Gasteiger charge is -2.22. The van der Waals surface area contributed by atoms with Gasteiger partial charge in [0.05, 0.1) is 10.4 Å². The highest BCUT2D eigenvalue weighted by molar-refractivity contribution is 7.92. The van der Waals surface area contributed by atoms with Crippen molar-refractivity contribution in [3.63, 3.8) is 0 Å². The van der Waals surface area contributed by atoms with E-state index >= 15 is 0 Å². The summed E-state index contributed by atoms with van der Waals surface area (Å²) in [6.07, 6.45) is 8.97. The average molecular weight is 501 g/mol. The third-order valence-electron chi connectivity index (χ3n) is 6.92. The molecular weight excluding hydrogens is 468 g/mol. The van der Waals surface area contributed by atoms with E-state index in [1.54, 1.807) is 30.3 Å². The van der Waals surface area contributed by atoms with Gasteiger partial charge in [0.25, 0.3) is 10.0 Å². The highest BCUT2D eigenvalue weighted by Crippen LogP contribution is 2.32. The zero-order valence-corrected chi connectivity index (χ0v) is 21.6. The van der Waals surface area contributed by atoms with Gasteiger partial charge in [-0.3, -0.25) is 4.72 Å². The predicted octanol–water partition coefficient (Wildman–Crippen LogP) is 6.71. The molecule has 1 fully saturated rings. The van der Waals surface area contributed by atoms with Crippen molar-refractivity contribution in [3.8, 4) is 11.1 Å². The molecule has 0 amide bonds. The van der Waals surface area contributed by atoms with Crippen LogP contribution in [0.2, 0.25) is 0 Å². The van der Waals surface area contributed by atoms with Gasteiger partial charge in [0.1, 0.15) is 0 Å². The predicted molar refractivity (Wildman–Crippen MR) is 147 cm³/mol. The van der Waals surface area contributed by atoms with Crippen LogP contribution in [0.1, 0.15) is 50.2 Å². The van der Waals surface area contributed by atoms with E-state index in [-0.39, 0.29) is 4.90 Å². The van der Waals surface area contributed by atoms with Gasteiger partial charge in [-0.25, -0.2) is 18.4 Å². The fraction of sp³-hybridized carbons (Fsp3) is 0.310. The second-order valence-corrected chi connectivity index (χ2v) is 11.2. The van der Waals surface area contributed by atoms with E-state index in [0.29, 0.717) is 17.7 Å². The van der Waals surface area contributed by atoms with Gasteiger partial charge >= 0.3 is 0 Å². The Morgan fingerprint density at radius 3 is 2.47 bits per heavy atom. The van der Waals surface area contributed by atoms with Crippen LogP contribution in [-0.2, 0) is 16.4 Å². The largest absolute Gasteiger partial charge is 0.351 e. The Kier molecular flexibility index (Phi) is 6.92. The molecule has 1 aromatic heterocycles. The number of nitrogens with one attached hydrogen (secondary N) is 2. The van der Waals surface area contributed by atoms with E-state index in [4.69, 9.17) is 4.98 Å². The summed E-state index contributed by atoms with van der Waals surface area (Å²) in [5, 5.41) is 4.54. The van der Waals surface area contributed by atoms with E-state index in [1.165, 1.54) is 37.7 Å². The zero-order chi connectivity index (χ0) is 25.1. The summed E-state index contributed by atoms with van der Waals surface area (Å²) >= 11 is 0. The van der Waals surface area contributed by atoms with Crippen LogP contribution in [0.25, 0.3) is 22.0 Å². The number of aryl methyl sites for hydroxylation is 2. The van der Waals surface area contributed by atoms with Crippen LogP contribution in [0.15, 0.2) is 71.8 Å². The Hall–Kier alpha value is -3.45. The van der Waals surface area contributed by atoms with Crippen molar-refractivity contribution in [2.24, 2.45) is 0 Å². The molecule has 0 aliphatic heterocycles. The van der Waals surface area contributed by atoms with Gasteiger partial charge in [-0.2, -0.15) is 0 Å². The Morgan fingerprint density at radius 1 is 0.972 bits per heavy atom. The lowest BCUT2D eigenvalue weighted by atomic mass is 9.95. The first-order valence-corrected chi connectivity index (χ1v) is 14.2. The lowest BCUT2D eigenvalue weighted by molar-refractivity contribution is 0.461. The van der Waals surface area contributed by atoms with E-state index in [2.05, 4.69) is 34.1 Å². The molecule has 4 aromatic rings. The Labute approximate surface area is 213 Å². The number of benzene rings is 3. The molecule has 186 valence electrons. The molecule has 0 bridgehead atoms. The van der Waals surface area contributed by atoms with Gasteiger partial charge in [-0.15, -0.1) is 0 Å². The van der Waals surface area contributed by atoms with Gasteiger partial charge in [0.15, 0.2) is 0 Å². The summed E-state index contributed by atoms with van der Waals surface area (Å²) in [6.45, 7) is 4.14. The maximum Gasteiger partial charge on any atom is 0.261 e. The van der Waals surface area contributed by atoms with Gasteiger partial charge in [-0.1, -0.05) is 50.5 Å². The summed E-state index contributed by atoms with van der Waals surface area (Å²) in [7, 11) is -3.63. The second-order valence-electron chi connectivity index (χ2n) is 9.55. The third-order valence-corrected chi connectivity index (χ3v) is 8.32. The first kappa shape index (κ1) is 24.3. The summed E-state index contributed by atoms with van der Waals surface area (Å²) < 4.78 is 28.1. The highest BCUT2D eigenvalue weighted by Gasteiger charge is 2.17. The Balaban J connectivity index is 1.42. The molecule has 0 atom stereocenters. The van der Waals surface area contributed by atoms with E-state index in [1.807, 2.05) is 31.3 Å². The van der Waals surface area contributed by atoms with E-state index in [9.17, 15) is 8.42 Å². The molecule has 6 nitrogen and oxygen atoms in total. The molecular formula is C29H32N4O2S. The van der Waals surface area contributed by atoms with Gasteiger partial charge in [-0.05, 0) is 84.8 Å². The fourth-order valence-electron chi connectivity index (χ4n) is 5.01. The molecule has 5 rings (SSSR count). The average Bonchev–Trinajstić information content (AvgIpc) is 2.89. The number of rotatable bonds is 7. The zero-order valence-electron chi connectivity index (χ0n) is 20.8. The quantitative estimate of drug-likeness (QED) is 0.294. The fourth-order valence-corrected chi connectivity index (χ4v) is 6.08. The maximum absolute atomic E-state index is 12.7. The molecule has 1 saturated carbocycles. The number of hydrogen-bond acceptors (Lipinski definition) is 5. The molecule has 3 aromatic carbocycles. The summed E-state index contributed by atoms with van der Waals surface area (Å²) in [6, 6.07) is 18.8. The van der Waals surface area contributed by atoms with Crippen molar-refractivity contribution in [3.05, 3.63) is 78.0 Å². The number of aromatic nitrogens is 2. The SMILES string of the molecule is CCc1cc(-c2ccc(NS(=O)(=O)c3ccccc3)cc2C)cc2cnc(NC3CCCCC3)nc12. The van der Waals surface area contributed by atoms with Gasteiger partial charge in [0, 0.05) is 23.3 Å². The van der Waals surface area contributed by atoms with Crippen LogP contribution in [-0.4, -0.2) is 24.4 Å². The normalized spacial score (nSPS) is 14.6. The number of fused-ring (bicyclic) bond motifs is 1. The molecule has 1 aliphatic carbocycles. The monoisotopic (exact) mass is 500 g/mol. The van der Waals surface area contributed by atoms with Crippen LogP contribution >= 0.6 is 0 Å².